The predicted octanol–water partition coefficient (Wildman–Crippen LogP) is 3.88. The minimum atomic E-state index is 0.454. The van der Waals surface area contributed by atoms with Crippen LogP contribution < -0.4 is 10.1 Å². The topological polar surface area (TPSA) is 21.3 Å². The summed E-state index contributed by atoms with van der Waals surface area (Å²) >= 11 is 0. The zero-order valence-electron chi connectivity index (χ0n) is 12.0. The van der Waals surface area contributed by atoms with E-state index in [4.69, 9.17) is 4.74 Å². The number of hydrogen-bond acceptors (Lipinski definition) is 2. The molecule has 0 aliphatic carbocycles. The van der Waals surface area contributed by atoms with E-state index in [0.717, 1.165) is 25.3 Å². The Labute approximate surface area is 111 Å². The number of hydrogen-bond donors (Lipinski definition) is 1. The molecule has 1 aromatic rings. The summed E-state index contributed by atoms with van der Waals surface area (Å²) in [5.74, 6) is 2.33. The quantitative estimate of drug-likeness (QED) is 0.872. The molecule has 1 heterocycles. The van der Waals surface area contributed by atoms with Gasteiger partial charge in [0.05, 0.1) is 6.61 Å². The Hall–Kier alpha value is -1.02. The van der Waals surface area contributed by atoms with Gasteiger partial charge in [-0.25, -0.2) is 0 Å². The van der Waals surface area contributed by atoms with E-state index in [1.165, 1.54) is 11.1 Å². The summed E-state index contributed by atoms with van der Waals surface area (Å²) in [4.78, 5) is 0. The van der Waals surface area contributed by atoms with Crippen molar-refractivity contribution in [2.45, 2.75) is 46.1 Å². The second-order valence-electron chi connectivity index (χ2n) is 5.91. The summed E-state index contributed by atoms with van der Waals surface area (Å²) in [6, 6.07) is 7.01. The van der Waals surface area contributed by atoms with Crippen LogP contribution in [0.4, 0.5) is 0 Å². The van der Waals surface area contributed by atoms with Gasteiger partial charge in [0.15, 0.2) is 0 Å². The summed E-state index contributed by atoms with van der Waals surface area (Å²) in [6.45, 7) is 10.8. The molecule has 0 spiro atoms. The lowest BCUT2D eigenvalue weighted by Gasteiger charge is -2.29. The maximum atomic E-state index is 5.91. The molecule has 2 nitrogen and oxygen atoms in total. The Bertz CT molecular complexity index is 398. The van der Waals surface area contributed by atoms with Crippen molar-refractivity contribution in [2.75, 3.05) is 13.2 Å². The van der Waals surface area contributed by atoms with Crippen LogP contribution in [0.25, 0.3) is 0 Å². The lowest BCUT2D eigenvalue weighted by atomic mass is 9.93. The van der Waals surface area contributed by atoms with E-state index < -0.39 is 0 Å². The lowest BCUT2D eigenvalue weighted by molar-refractivity contribution is 0.247. The highest BCUT2D eigenvalue weighted by molar-refractivity contribution is 5.46. The fraction of sp³-hybridized carbons (Fsp3) is 0.625. The first-order valence-electron chi connectivity index (χ1n) is 7.08. The molecule has 0 bridgehead atoms. The van der Waals surface area contributed by atoms with Crippen LogP contribution in [0.15, 0.2) is 18.2 Å². The Kier molecular flexibility index (Phi) is 4.28. The fourth-order valence-corrected chi connectivity index (χ4v) is 2.49. The van der Waals surface area contributed by atoms with Crippen molar-refractivity contribution in [2.24, 2.45) is 5.92 Å². The molecule has 0 saturated carbocycles. The molecular weight excluding hydrogens is 222 g/mol. The minimum Gasteiger partial charge on any atom is -0.493 e. The highest BCUT2D eigenvalue weighted by Gasteiger charge is 2.24. The van der Waals surface area contributed by atoms with Crippen molar-refractivity contribution >= 4 is 0 Å². The number of fused-ring (bicyclic) bond motifs is 1. The molecule has 1 aliphatic rings. The van der Waals surface area contributed by atoms with E-state index in [1.807, 2.05) is 0 Å². The van der Waals surface area contributed by atoms with E-state index in [2.05, 4.69) is 51.2 Å². The highest BCUT2D eigenvalue weighted by atomic mass is 16.5. The first kappa shape index (κ1) is 13.4. The van der Waals surface area contributed by atoms with Gasteiger partial charge in [-0.1, -0.05) is 45.9 Å². The van der Waals surface area contributed by atoms with Crippen molar-refractivity contribution < 1.29 is 4.74 Å². The Morgan fingerprint density at radius 2 is 2.06 bits per heavy atom. The van der Waals surface area contributed by atoms with E-state index in [1.54, 1.807) is 0 Å². The van der Waals surface area contributed by atoms with Crippen LogP contribution in [-0.4, -0.2) is 13.2 Å². The maximum Gasteiger partial charge on any atom is 0.127 e. The fourth-order valence-electron chi connectivity index (χ4n) is 2.49. The summed E-state index contributed by atoms with van der Waals surface area (Å²) in [5, 5.41) is 3.66. The van der Waals surface area contributed by atoms with Crippen LogP contribution >= 0.6 is 0 Å². The average molecular weight is 247 g/mol. The van der Waals surface area contributed by atoms with Crippen LogP contribution in [0.5, 0.6) is 5.75 Å². The normalized spacial score (nSPS) is 18.9. The van der Waals surface area contributed by atoms with Crippen LogP contribution in [0.2, 0.25) is 0 Å². The van der Waals surface area contributed by atoms with Gasteiger partial charge in [0.2, 0.25) is 0 Å². The summed E-state index contributed by atoms with van der Waals surface area (Å²) < 4.78 is 5.91. The molecule has 0 fully saturated rings. The molecule has 0 saturated heterocycles. The van der Waals surface area contributed by atoms with Gasteiger partial charge in [-0.05, 0) is 23.9 Å². The SMILES string of the molecule is CC(C)CNC1CCOc2c(C(C)C)cccc21. The van der Waals surface area contributed by atoms with E-state index in [9.17, 15) is 0 Å². The zero-order chi connectivity index (χ0) is 13.1. The van der Waals surface area contributed by atoms with Gasteiger partial charge < -0.3 is 10.1 Å². The predicted molar refractivity (Wildman–Crippen MR) is 76.2 cm³/mol. The highest BCUT2D eigenvalue weighted by Crippen LogP contribution is 2.37. The van der Waals surface area contributed by atoms with Gasteiger partial charge in [0.25, 0.3) is 0 Å². The first-order valence-corrected chi connectivity index (χ1v) is 7.08. The van der Waals surface area contributed by atoms with E-state index in [-0.39, 0.29) is 0 Å². The second-order valence-corrected chi connectivity index (χ2v) is 5.91. The molecule has 2 rings (SSSR count). The molecule has 1 atom stereocenters. The number of nitrogens with one attached hydrogen (secondary N) is 1. The van der Waals surface area contributed by atoms with Crippen LogP contribution in [0, 0.1) is 5.92 Å². The molecule has 1 unspecified atom stereocenters. The van der Waals surface area contributed by atoms with Crippen LogP contribution in [0.3, 0.4) is 0 Å². The third-order valence-corrected chi connectivity index (χ3v) is 3.50. The minimum absolute atomic E-state index is 0.454. The number of benzene rings is 1. The van der Waals surface area contributed by atoms with Gasteiger partial charge in [0, 0.05) is 18.0 Å². The first-order chi connectivity index (χ1) is 8.59. The Balaban J connectivity index is 2.24. The van der Waals surface area contributed by atoms with Crippen molar-refractivity contribution in [3.8, 4) is 5.75 Å². The smallest absolute Gasteiger partial charge is 0.127 e. The second kappa shape index (κ2) is 5.75. The molecule has 0 aromatic heterocycles. The van der Waals surface area contributed by atoms with Crippen molar-refractivity contribution in [3.05, 3.63) is 29.3 Å². The van der Waals surface area contributed by atoms with E-state index >= 15 is 0 Å². The largest absolute Gasteiger partial charge is 0.493 e. The standard InChI is InChI=1S/C16H25NO/c1-11(2)10-17-15-8-9-18-16-13(12(3)4)6-5-7-14(15)16/h5-7,11-12,15,17H,8-10H2,1-4H3. The number of ether oxygens (including phenoxy) is 1. The number of rotatable bonds is 4. The van der Waals surface area contributed by atoms with Crippen LogP contribution in [-0.2, 0) is 0 Å². The van der Waals surface area contributed by atoms with Crippen molar-refractivity contribution in [1.82, 2.24) is 5.32 Å². The molecule has 2 heteroatoms. The summed E-state index contributed by atoms with van der Waals surface area (Å²) in [5.41, 5.74) is 2.68. The summed E-state index contributed by atoms with van der Waals surface area (Å²) in [6.07, 6.45) is 1.07. The monoisotopic (exact) mass is 247 g/mol. The van der Waals surface area contributed by atoms with Gasteiger partial charge in [-0.3, -0.25) is 0 Å². The van der Waals surface area contributed by atoms with Gasteiger partial charge in [-0.2, -0.15) is 0 Å². The van der Waals surface area contributed by atoms with E-state index in [0.29, 0.717) is 17.9 Å². The Morgan fingerprint density at radius 1 is 1.28 bits per heavy atom. The number of para-hydroxylation sites is 1. The molecule has 1 aromatic carbocycles. The molecule has 1 N–H and O–H groups in total. The van der Waals surface area contributed by atoms with Gasteiger partial charge in [-0.15, -0.1) is 0 Å². The molecule has 1 aliphatic heterocycles. The average Bonchev–Trinajstić information content (AvgIpc) is 2.35. The molecule has 0 amide bonds. The lowest BCUT2D eigenvalue weighted by Crippen LogP contribution is -2.30. The Morgan fingerprint density at radius 3 is 2.72 bits per heavy atom. The molecule has 100 valence electrons. The molecule has 0 radical (unpaired) electrons. The third-order valence-electron chi connectivity index (χ3n) is 3.50. The molecular formula is C16H25NO. The third kappa shape index (κ3) is 2.86. The van der Waals surface area contributed by atoms with Crippen molar-refractivity contribution in [1.29, 1.82) is 0 Å². The maximum absolute atomic E-state index is 5.91. The van der Waals surface area contributed by atoms with Gasteiger partial charge >= 0.3 is 0 Å². The molecule has 18 heavy (non-hydrogen) atoms. The van der Waals surface area contributed by atoms with Crippen LogP contribution in [0.1, 0.15) is 57.2 Å². The van der Waals surface area contributed by atoms with Crippen molar-refractivity contribution in [3.63, 3.8) is 0 Å². The zero-order valence-corrected chi connectivity index (χ0v) is 12.0. The van der Waals surface area contributed by atoms with Gasteiger partial charge in [0.1, 0.15) is 5.75 Å². The summed E-state index contributed by atoms with van der Waals surface area (Å²) in [7, 11) is 0.